The summed E-state index contributed by atoms with van der Waals surface area (Å²) in [6, 6.07) is 1.08. The Hall–Kier alpha value is -1.30. The Morgan fingerprint density at radius 1 is 1.53 bits per heavy atom. The minimum atomic E-state index is -0.918. The number of hydrogen-bond donors (Lipinski definition) is 1. The van der Waals surface area contributed by atoms with Gasteiger partial charge in [-0.05, 0) is 41.3 Å². The highest BCUT2D eigenvalue weighted by molar-refractivity contribution is 9.10. The smallest absolute Gasteiger partial charge is 0.326 e. The summed E-state index contributed by atoms with van der Waals surface area (Å²) in [5.41, 5.74) is 0.557. The van der Waals surface area contributed by atoms with E-state index in [9.17, 15) is 9.59 Å². The predicted octanol–water partition coefficient (Wildman–Crippen LogP) is 2.35. The second kappa shape index (κ2) is 5.77. The first-order valence-corrected chi connectivity index (χ1v) is 7.23. The molecule has 0 saturated carbocycles. The number of amides is 1. The van der Waals surface area contributed by atoms with Gasteiger partial charge in [0.2, 0.25) is 0 Å². The SMILES string of the molecule is CCCn1cc(Br)cc1C(=O)N1CCC[C@@H]1C(=O)O. The number of carboxylic acids is 1. The Balaban J connectivity index is 2.26. The molecule has 1 amide bonds. The average molecular weight is 329 g/mol. The average Bonchev–Trinajstić information content (AvgIpc) is 2.95. The number of carbonyl (C=O) groups excluding carboxylic acids is 1. The van der Waals surface area contributed by atoms with E-state index >= 15 is 0 Å². The van der Waals surface area contributed by atoms with E-state index in [1.165, 1.54) is 4.90 Å². The lowest BCUT2D eigenvalue weighted by molar-refractivity contribution is -0.141. The first kappa shape index (κ1) is 14.1. The third-order valence-corrected chi connectivity index (χ3v) is 3.78. The molecule has 1 N–H and O–H groups in total. The van der Waals surface area contributed by atoms with Crippen molar-refractivity contribution in [3.05, 3.63) is 22.4 Å². The van der Waals surface area contributed by atoms with Crippen molar-refractivity contribution < 1.29 is 14.7 Å². The highest BCUT2D eigenvalue weighted by Crippen LogP contribution is 2.23. The molecule has 1 aliphatic rings. The number of nitrogens with zero attached hydrogens (tertiary/aromatic N) is 2. The van der Waals surface area contributed by atoms with Crippen molar-refractivity contribution in [2.75, 3.05) is 6.54 Å². The van der Waals surface area contributed by atoms with Gasteiger partial charge in [0, 0.05) is 23.8 Å². The van der Waals surface area contributed by atoms with Crippen LogP contribution in [0.1, 0.15) is 36.7 Å². The van der Waals surface area contributed by atoms with E-state index in [1.807, 2.05) is 17.7 Å². The predicted molar refractivity (Wildman–Crippen MR) is 74.1 cm³/mol. The van der Waals surface area contributed by atoms with E-state index in [-0.39, 0.29) is 5.91 Å². The van der Waals surface area contributed by atoms with E-state index in [0.717, 1.165) is 23.9 Å². The van der Waals surface area contributed by atoms with Crippen molar-refractivity contribution in [1.29, 1.82) is 0 Å². The summed E-state index contributed by atoms with van der Waals surface area (Å²) in [5, 5.41) is 9.15. The Bertz CT molecular complexity index is 498. The second-order valence-electron chi connectivity index (χ2n) is 4.73. The van der Waals surface area contributed by atoms with E-state index in [2.05, 4.69) is 15.9 Å². The molecule has 0 aliphatic carbocycles. The van der Waals surface area contributed by atoms with Crippen molar-refractivity contribution in [1.82, 2.24) is 9.47 Å². The van der Waals surface area contributed by atoms with Crippen molar-refractivity contribution >= 4 is 27.8 Å². The molecule has 0 bridgehead atoms. The first-order chi connectivity index (χ1) is 9.04. The van der Waals surface area contributed by atoms with Crippen LogP contribution in [0, 0.1) is 0 Å². The monoisotopic (exact) mass is 328 g/mol. The molecular formula is C13H17BrN2O3. The molecule has 5 nitrogen and oxygen atoms in total. The van der Waals surface area contributed by atoms with E-state index in [4.69, 9.17) is 5.11 Å². The van der Waals surface area contributed by atoms with Gasteiger partial charge >= 0.3 is 5.97 Å². The van der Waals surface area contributed by atoms with Crippen LogP contribution in [0.2, 0.25) is 0 Å². The van der Waals surface area contributed by atoms with Crippen LogP contribution in [0.25, 0.3) is 0 Å². The minimum absolute atomic E-state index is 0.191. The summed E-state index contributed by atoms with van der Waals surface area (Å²) in [6.07, 6.45) is 4.07. The lowest BCUT2D eigenvalue weighted by Gasteiger charge is -2.22. The standard InChI is InChI=1S/C13H17BrN2O3/c1-2-5-15-8-9(14)7-11(15)12(17)16-6-3-4-10(16)13(18)19/h7-8,10H,2-6H2,1H3,(H,18,19)/t10-/m1/s1. The molecule has 0 radical (unpaired) electrons. The van der Waals surface area contributed by atoms with Gasteiger partial charge in [-0.2, -0.15) is 0 Å². The van der Waals surface area contributed by atoms with Gasteiger partial charge in [0.05, 0.1) is 0 Å². The summed E-state index contributed by atoms with van der Waals surface area (Å²) < 4.78 is 2.72. The van der Waals surface area contributed by atoms with Crippen LogP contribution < -0.4 is 0 Å². The number of carbonyl (C=O) groups is 2. The van der Waals surface area contributed by atoms with Gasteiger partial charge < -0.3 is 14.6 Å². The lowest BCUT2D eigenvalue weighted by Crippen LogP contribution is -2.41. The first-order valence-electron chi connectivity index (χ1n) is 6.44. The second-order valence-corrected chi connectivity index (χ2v) is 5.65. The molecule has 1 fully saturated rings. The fourth-order valence-corrected chi connectivity index (χ4v) is 2.96. The van der Waals surface area contributed by atoms with Gasteiger partial charge in [-0.3, -0.25) is 4.79 Å². The Morgan fingerprint density at radius 2 is 2.26 bits per heavy atom. The van der Waals surface area contributed by atoms with Crippen LogP contribution in [-0.2, 0) is 11.3 Å². The van der Waals surface area contributed by atoms with Crippen LogP contribution in [0.4, 0.5) is 0 Å². The number of likely N-dealkylation sites (tertiary alicyclic amines) is 1. The van der Waals surface area contributed by atoms with Crippen molar-refractivity contribution in [3.63, 3.8) is 0 Å². The molecule has 6 heteroatoms. The lowest BCUT2D eigenvalue weighted by atomic mass is 10.2. The van der Waals surface area contributed by atoms with Gasteiger partial charge in [0.1, 0.15) is 11.7 Å². The normalized spacial score (nSPS) is 18.8. The van der Waals surface area contributed by atoms with Gasteiger partial charge in [-0.25, -0.2) is 4.79 Å². The Kier molecular flexibility index (Phi) is 4.29. The number of rotatable bonds is 4. The minimum Gasteiger partial charge on any atom is -0.480 e. The van der Waals surface area contributed by atoms with E-state index in [0.29, 0.717) is 18.7 Å². The fraction of sp³-hybridized carbons (Fsp3) is 0.538. The highest BCUT2D eigenvalue weighted by Gasteiger charge is 2.35. The molecule has 0 aromatic carbocycles. The van der Waals surface area contributed by atoms with Gasteiger partial charge in [0.25, 0.3) is 5.91 Å². The molecule has 0 unspecified atom stereocenters. The summed E-state index contributed by atoms with van der Waals surface area (Å²) >= 11 is 3.37. The molecule has 1 saturated heterocycles. The number of halogens is 1. The summed E-state index contributed by atoms with van der Waals surface area (Å²) in [6.45, 7) is 3.31. The fourth-order valence-electron chi connectivity index (χ4n) is 2.49. The zero-order valence-electron chi connectivity index (χ0n) is 10.8. The number of carboxylic acid groups (broad SMARTS) is 1. The summed E-state index contributed by atoms with van der Waals surface area (Å²) in [5.74, 6) is -1.11. The molecule has 1 aromatic rings. The van der Waals surface area contributed by atoms with Crippen LogP contribution in [-0.4, -0.2) is 39.0 Å². The highest BCUT2D eigenvalue weighted by atomic mass is 79.9. The summed E-state index contributed by atoms with van der Waals surface area (Å²) in [7, 11) is 0. The largest absolute Gasteiger partial charge is 0.480 e. The molecule has 104 valence electrons. The van der Waals surface area contributed by atoms with Crippen LogP contribution in [0.15, 0.2) is 16.7 Å². The number of aromatic nitrogens is 1. The number of aryl methyl sites for hydroxylation is 1. The topological polar surface area (TPSA) is 62.5 Å². The Labute approximate surface area is 120 Å². The molecule has 1 atom stereocenters. The third kappa shape index (κ3) is 2.83. The van der Waals surface area contributed by atoms with Crippen molar-refractivity contribution in [2.45, 2.75) is 38.8 Å². The maximum absolute atomic E-state index is 12.5. The molecule has 1 aromatic heterocycles. The van der Waals surface area contributed by atoms with Crippen LogP contribution in [0.3, 0.4) is 0 Å². The van der Waals surface area contributed by atoms with Crippen LogP contribution >= 0.6 is 15.9 Å². The summed E-state index contributed by atoms with van der Waals surface area (Å²) in [4.78, 5) is 25.1. The van der Waals surface area contributed by atoms with Gasteiger partial charge in [0.15, 0.2) is 0 Å². The number of aliphatic carboxylic acids is 1. The maximum Gasteiger partial charge on any atom is 0.326 e. The van der Waals surface area contributed by atoms with Crippen LogP contribution in [0.5, 0.6) is 0 Å². The van der Waals surface area contributed by atoms with Crippen molar-refractivity contribution in [2.24, 2.45) is 0 Å². The quantitative estimate of drug-likeness (QED) is 0.922. The number of hydrogen-bond acceptors (Lipinski definition) is 2. The molecular weight excluding hydrogens is 312 g/mol. The molecule has 2 heterocycles. The van der Waals surface area contributed by atoms with E-state index < -0.39 is 12.0 Å². The van der Waals surface area contributed by atoms with Crippen molar-refractivity contribution in [3.8, 4) is 0 Å². The molecule has 2 rings (SSSR count). The zero-order chi connectivity index (χ0) is 14.0. The zero-order valence-corrected chi connectivity index (χ0v) is 12.4. The molecule has 1 aliphatic heterocycles. The maximum atomic E-state index is 12.5. The Morgan fingerprint density at radius 3 is 2.89 bits per heavy atom. The van der Waals surface area contributed by atoms with E-state index in [1.54, 1.807) is 6.07 Å². The third-order valence-electron chi connectivity index (χ3n) is 3.35. The van der Waals surface area contributed by atoms with Gasteiger partial charge in [-0.15, -0.1) is 0 Å². The molecule has 0 spiro atoms. The van der Waals surface area contributed by atoms with Gasteiger partial charge in [-0.1, -0.05) is 6.92 Å². The molecule has 19 heavy (non-hydrogen) atoms.